The number of hydrazine groups is 1. The minimum absolute atomic E-state index is 0.0706. The summed E-state index contributed by atoms with van der Waals surface area (Å²) in [6.07, 6.45) is 3.55. The summed E-state index contributed by atoms with van der Waals surface area (Å²) in [4.78, 5) is 0. The topological polar surface area (TPSA) is 58.3 Å². The van der Waals surface area contributed by atoms with Crippen LogP contribution in [0.1, 0.15) is 53.4 Å². The molecule has 0 radical (unpaired) electrons. The summed E-state index contributed by atoms with van der Waals surface area (Å²) < 4.78 is 0. The van der Waals surface area contributed by atoms with E-state index < -0.39 is 0 Å². The highest BCUT2D eigenvalue weighted by molar-refractivity contribution is 4.75. The monoisotopic (exact) mass is 202 g/mol. The molecule has 3 heteroatoms. The Morgan fingerprint density at radius 1 is 1.21 bits per heavy atom. The van der Waals surface area contributed by atoms with E-state index in [0.717, 1.165) is 25.7 Å². The molecule has 0 fully saturated rings. The van der Waals surface area contributed by atoms with E-state index in [1.807, 2.05) is 13.8 Å². The van der Waals surface area contributed by atoms with E-state index in [1.165, 1.54) is 0 Å². The molecule has 0 spiro atoms. The SMILES string of the molecule is CC(C)CCC(O)CCC(C)(C)NN. The maximum atomic E-state index is 9.69. The minimum atomic E-state index is -0.176. The Balaban J connectivity index is 3.58. The molecule has 0 amide bonds. The number of hydrogen-bond acceptors (Lipinski definition) is 3. The molecule has 4 N–H and O–H groups in total. The van der Waals surface area contributed by atoms with Crippen LogP contribution >= 0.6 is 0 Å². The number of hydrogen-bond donors (Lipinski definition) is 3. The molecule has 14 heavy (non-hydrogen) atoms. The molecule has 0 aromatic rings. The van der Waals surface area contributed by atoms with Gasteiger partial charge in [-0.05, 0) is 45.4 Å². The number of aliphatic hydroxyl groups is 1. The third-order valence-corrected chi connectivity index (χ3v) is 2.57. The Hall–Kier alpha value is -0.120. The number of aliphatic hydroxyl groups excluding tert-OH is 1. The largest absolute Gasteiger partial charge is 0.393 e. The van der Waals surface area contributed by atoms with Crippen molar-refractivity contribution in [1.29, 1.82) is 0 Å². The van der Waals surface area contributed by atoms with Crippen molar-refractivity contribution in [2.24, 2.45) is 11.8 Å². The van der Waals surface area contributed by atoms with Crippen LogP contribution in [-0.4, -0.2) is 16.7 Å². The lowest BCUT2D eigenvalue weighted by molar-refractivity contribution is 0.133. The van der Waals surface area contributed by atoms with Crippen LogP contribution in [0.4, 0.5) is 0 Å². The molecule has 0 bridgehead atoms. The van der Waals surface area contributed by atoms with Gasteiger partial charge in [-0.1, -0.05) is 13.8 Å². The van der Waals surface area contributed by atoms with Gasteiger partial charge in [-0.25, -0.2) is 0 Å². The summed E-state index contributed by atoms with van der Waals surface area (Å²) in [6, 6.07) is 0. The average Bonchev–Trinajstić information content (AvgIpc) is 2.11. The molecule has 86 valence electrons. The van der Waals surface area contributed by atoms with Crippen LogP contribution in [0, 0.1) is 5.92 Å². The van der Waals surface area contributed by atoms with Gasteiger partial charge >= 0.3 is 0 Å². The summed E-state index contributed by atoms with van der Waals surface area (Å²) in [5.74, 6) is 6.05. The molecule has 0 aliphatic heterocycles. The first kappa shape index (κ1) is 13.9. The summed E-state index contributed by atoms with van der Waals surface area (Å²) in [7, 11) is 0. The summed E-state index contributed by atoms with van der Waals surface area (Å²) in [6.45, 7) is 8.44. The second-order valence-electron chi connectivity index (χ2n) is 5.19. The van der Waals surface area contributed by atoms with Gasteiger partial charge in [-0.2, -0.15) is 0 Å². The highest BCUT2D eigenvalue weighted by Crippen LogP contribution is 2.15. The van der Waals surface area contributed by atoms with Crippen molar-refractivity contribution in [3.63, 3.8) is 0 Å². The van der Waals surface area contributed by atoms with E-state index in [0.29, 0.717) is 5.92 Å². The van der Waals surface area contributed by atoms with Gasteiger partial charge in [0.2, 0.25) is 0 Å². The molecule has 0 aliphatic carbocycles. The second-order valence-corrected chi connectivity index (χ2v) is 5.19. The van der Waals surface area contributed by atoms with Crippen molar-refractivity contribution >= 4 is 0 Å². The van der Waals surface area contributed by atoms with Gasteiger partial charge in [0.1, 0.15) is 0 Å². The zero-order chi connectivity index (χ0) is 11.2. The van der Waals surface area contributed by atoms with Crippen LogP contribution in [0.3, 0.4) is 0 Å². The van der Waals surface area contributed by atoms with E-state index in [-0.39, 0.29) is 11.6 Å². The third-order valence-electron chi connectivity index (χ3n) is 2.57. The normalized spacial score (nSPS) is 14.8. The Morgan fingerprint density at radius 2 is 1.79 bits per heavy atom. The molecule has 0 rings (SSSR count). The molecular weight excluding hydrogens is 176 g/mol. The Labute approximate surface area is 88.0 Å². The van der Waals surface area contributed by atoms with Crippen LogP contribution in [0.15, 0.2) is 0 Å². The molecule has 0 saturated heterocycles. The number of nitrogens with two attached hydrogens (primary N) is 1. The van der Waals surface area contributed by atoms with E-state index in [4.69, 9.17) is 5.84 Å². The van der Waals surface area contributed by atoms with Crippen LogP contribution < -0.4 is 11.3 Å². The second kappa shape index (κ2) is 6.38. The van der Waals surface area contributed by atoms with Crippen molar-refractivity contribution in [3.05, 3.63) is 0 Å². The first-order valence-electron chi connectivity index (χ1n) is 5.53. The quantitative estimate of drug-likeness (QED) is 0.436. The lowest BCUT2D eigenvalue weighted by Gasteiger charge is -2.24. The maximum absolute atomic E-state index is 9.69. The van der Waals surface area contributed by atoms with Crippen LogP contribution in [0.5, 0.6) is 0 Å². The average molecular weight is 202 g/mol. The lowest BCUT2D eigenvalue weighted by Crippen LogP contribution is -2.44. The van der Waals surface area contributed by atoms with Gasteiger partial charge < -0.3 is 5.11 Å². The van der Waals surface area contributed by atoms with Gasteiger partial charge in [0.25, 0.3) is 0 Å². The fraction of sp³-hybridized carbons (Fsp3) is 1.00. The molecule has 0 aliphatic rings. The standard InChI is InChI=1S/C11H26N2O/c1-9(2)5-6-10(14)7-8-11(3,4)13-12/h9-10,13-14H,5-8,12H2,1-4H3. The third kappa shape index (κ3) is 7.30. The van der Waals surface area contributed by atoms with Crippen molar-refractivity contribution in [1.82, 2.24) is 5.43 Å². The molecule has 0 heterocycles. The summed E-state index contributed by atoms with van der Waals surface area (Å²) in [5.41, 5.74) is 2.68. The molecule has 0 saturated carbocycles. The molecule has 1 atom stereocenters. The Morgan fingerprint density at radius 3 is 2.21 bits per heavy atom. The van der Waals surface area contributed by atoms with E-state index in [1.54, 1.807) is 0 Å². The fourth-order valence-corrected chi connectivity index (χ4v) is 1.27. The highest BCUT2D eigenvalue weighted by Gasteiger charge is 2.17. The molecule has 0 aromatic heterocycles. The molecule has 3 nitrogen and oxygen atoms in total. The van der Waals surface area contributed by atoms with E-state index >= 15 is 0 Å². The van der Waals surface area contributed by atoms with E-state index in [2.05, 4.69) is 19.3 Å². The van der Waals surface area contributed by atoms with Crippen molar-refractivity contribution in [2.75, 3.05) is 0 Å². The van der Waals surface area contributed by atoms with Gasteiger partial charge in [0.15, 0.2) is 0 Å². The first-order chi connectivity index (χ1) is 6.37. The highest BCUT2D eigenvalue weighted by atomic mass is 16.3. The zero-order valence-electron chi connectivity index (χ0n) is 10.0. The fourth-order valence-electron chi connectivity index (χ4n) is 1.27. The minimum Gasteiger partial charge on any atom is -0.393 e. The van der Waals surface area contributed by atoms with Crippen molar-refractivity contribution in [3.8, 4) is 0 Å². The van der Waals surface area contributed by atoms with Crippen LogP contribution in [0.2, 0.25) is 0 Å². The van der Waals surface area contributed by atoms with Crippen molar-refractivity contribution < 1.29 is 5.11 Å². The Kier molecular flexibility index (Phi) is 6.33. The molecule has 1 unspecified atom stereocenters. The summed E-state index contributed by atoms with van der Waals surface area (Å²) in [5, 5.41) is 9.69. The predicted octanol–water partition coefficient (Wildman–Crippen LogP) is 1.81. The lowest BCUT2D eigenvalue weighted by atomic mass is 9.94. The maximum Gasteiger partial charge on any atom is 0.0541 e. The van der Waals surface area contributed by atoms with Crippen LogP contribution in [-0.2, 0) is 0 Å². The smallest absolute Gasteiger partial charge is 0.0541 e. The van der Waals surface area contributed by atoms with Gasteiger partial charge in [-0.15, -0.1) is 0 Å². The summed E-state index contributed by atoms with van der Waals surface area (Å²) >= 11 is 0. The first-order valence-corrected chi connectivity index (χ1v) is 5.53. The zero-order valence-corrected chi connectivity index (χ0v) is 10.0. The van der Waals surface area contributed by atoms with Crippen LogP contribution in [0.25, 0.3) is 0 Å². The molecule has 0 aromatic carbocycles. The van der Waals surface area contributed by atoms with E-state index in [9.17, 15) is 5.11 Å². The number of rotatable bonds is 7. The predicted molar refractivity (Wildman–Crippen MR) is 60.7 cm³/mol. The van der Waals surface area contributed by atoms with Gasteiger partial charge in [0.05, 0.1) is 6.10 Å². The van der Waals surface area contributed by atoms with Gasteiger partial charge in [-0.3, -0.25) is 11.3 Å². The van der Waals surface area contributed by atoms with Gasteiger partial charge in [0, 0.05) is 5.54 Å². The molecular formula is C11H26N2O. The van der Waals surface area contributed by atoms with Crippen molar-refractivity contribution in [2.45, 2.75) is 65.0 Å². The number of nitrogens with one attached hydrogen (secondary N) is 1. The Bertz CT molecular complexity index is 146.